The molecule has 1 aromatic rings. The summed E-state index contributed by atoms with van der Waals surface area (Å²) in [5, 5.41) is 0. The fraction of sp³-hybridized carbons (Fsp3) is 0.538. The van der Waals surface area contributed by atoms with E-state index in [4.69, 9.17) is 5.73 Å². The molecule has 19 heavy (non-hydrogen) atoms. The molecule has 1 aliphatic rings. The Kier molecular flexibility index (Phi) is 3.55. The van der Waals surface area contributed by atoms with E-state index in [0.717, 1.165) is 30.4 Å². The van der Waals surface area contributed by atoms with Crippen LogP contribution in [-0.4, -0.2) is 12.1 Å². The monoisotopic (exact) mass is 279 g/mol. The van der Waals surface area contributed by atoms with Gasteiger partial charge >= 0.3 is 12.1 Å². The van der Waals surface area contributed by atoms with Crippen molar-refractivity contribution in [3.63, 3.8) is 0 Å². The van der Waals surface area contributed by atoms with Gasteiger partial charge in [-0.15, -0.1) is 0 Å². The summed E-state index contributed by atoms with van der Waals surface area (Å²) in [6, 6.07) is 1.91. The normalized spacial score (nSPS) is 18.0. The van der Waals surface area contributed by atoms with Crippen molar-refractivity contribution in [2.75, 3.05) is 0 Å². The first-order valence-electron chi connectivity index (χ1n) is 6.05. The van der Waals surface area contributed by atoms with Crippen LogP contribution < -0.4 is 5.73 Å². The van der Waals surface area contributed by atoms with Gasteiger partial charge in [-0.1, -0.05) is 18.2 Å². The van der Waals surface area contributed by atoms with Gasteiger partial charge in [0.05, 0.1) is 0 Å². The van der Waals surface area contributed by atoms with Crippen LogP contribution in [0.1, 0.15) is 35.6 Å². The van der Waals surface area contributed by atoms with Gasteiger partial charge in [0, 0.05) is 0 Å². The molecule has 1 aliphatic carbocycles. The number of aryl methyl sites for hydroxylation is 2. The van der Waals surface area contributed by atoms with Crippen LogP contribution in [0.4, 0.5) is 22.0 Å². The Labute approximate surface area is 107 Å². The number of rotatable bonds is 2. The first-order chi connectivity index (χ1) is 8.73. The third kappa shape index (κ3) is 2.59. The van der Waals surface area contributed by atoms with Crippen LogP contribution in [0.25, 0.3) is 0 Å². The molecule has 1 aromatic carbocycles. The predicted octanol–water partition coefficient (Wildman–Crippen LogP) is 3.76. The number of halogens is 5. The number of benzene rings is 1. The van der Waals surface area contributed by atoms with Crippen molar-refractivity contribution in [1.29, 1.82) is 0 Å². The zero-order chi connectivity index (χ0) is 14.3. The fourth-order valence-electron chi connectivity index (χ4n) is 2.33. The minimum atomic E-state index is -5.64. The SMILES string of the molecule is NC(c1ccc2c(c1)CCCC2)C(F)(F)C(F)(F)F. The Morgan fingerprint density at radius 1 is 0.947 bits per heavy atom. The van der Waals surface area contributed by atoms with E-state index in [1.807, 2.05) is 0 Å². The predicted molar refractivity (Wildman–Crippen MR) is 61.0 cm³/mol. The minimum Gasteiger partial charge on any atom is -0.319 e. The van der Waals surface area contributed by atoms with E-state index >= 15 is 0 Å². The molecule has 0 heterocycles. The quantitative estimate of drug-likeness (QED) is 0.819. The maximum Gasteiger partial charge on any atom is 0.455 e. The van der Waals surface area contributed by atoms with Gasteiger partial charge in [0.1, 0.15) is 6.04 Å². The van der Waals surface area contributed by atoms with Gasteiger partial charge in [-0.05, 0) is 42.4 Å². The van der Waals surface area contributed by atoms with Gasteiger partial charge in [-0.3, -0.25) is 0 Å². The molecule has 0 amide bonds. The van der Waals surface area contributed by atoms with Crippen molar-refractivity contribution < 1.29 is 22.0 Å². The summed E-state index contributed by atoms with van der Waals surface area (Å²) in [5.41, 5.74) is 6.80. The lowest BCUT2D eigenvalue weighted by Crippen LogP contribution is -2.45. The van der Waals surface area contributed by atoms with Crippen LogP contribution in [0, 0.1) is 0 Å². The molecule has 1 unspecified atom stereocenters. The van der Waals surface area contributed by atoms with E-state index in [0.29, 0.717) is 6.42 Å². The maximum absolute atomic E-state index is 13.2. The summed E-state index contributed by atoms with van der Waals surface area (Å²) in [4.78, 5) is 0. The maximum atomic E-state index is 13.2. The molecular weight excluding hydrogens is 265 g/mol. The molecule has 0 saturated heterocycles. The molecule has 0 aliphatic heterocycles. The first-order valence-corrected chi connectivity index (χ1v) is 6.05. The van der Waals surface area contributed by atoms with Crippen molar-refractivity contribution >= 4 is 0 Å². The summed E-state index contributed by atoms with van der Waals surface area (Å²) < 4.78 is 63.2. The largest absolute Gasteiger partial charge is 0.455 e. The molecule has 1 nitrogen and oxygen atoms in total. The van der Waals surface area contributed by atoms with Crippen LogP contribution in [0.5, 0.6) is 0 Å². The van der Waals surface area contributed by atoms with E-state index < -0.39 is 18.1 Å². The van der Waals surface area contributed by atoms with Crippen molar-refractivity contribution in [1.82, 2.24) is 0 Å². The number of hydrogen-bond acceptors (Lipinski definition) is 1. The first kappa shape index (κ1) is 14.2. The lowest BCUT2D eigenvalue weighted by atomic mass is 9.88. The van der Waals surface area contributed by atoms with Crippen molar-refractivity contribution in [2.45, 2.75) is 43.8 Å². The van der Waals surface area contributed by atoms with E-state index in [1.165, 1.54) is 12.1 Å². The second-order valence-electron chi connectivity index (χ2n) is 4.83. The van der Waals surface area contributed by atoms with Crippen molar-refractivity contribution in [2.24, 2.45) is 5.73 Å². The number of alkyl halides is 5. The smallest absolute Gasteiger partial charge is 0.319 e. The summed E-state index contributed by atoms with van der Waals surface area (Å²) in [7, 11) is 0. The van der Waals surface area contributed by atoms with Gasteiger partial charge in [0.15, 0.2) is 0 Å². The Morgan fingerprint density at radius 3 is 2.11 bits per heavy atom. The molecule has 106 valence electrons. The van der Waals surface area contributed by atoms with Gasteiger partial charge in [-0.2, -0.15) is 22.0 Å². The van der Waals surface area contributed by atoms with E-state index in [-0.39, 0.29) is 5.56 Å². The van der Waals surface area contributed by atoms with Crippen LogP contribution >= 0.6 is 0 Å². The molecule has 0 saturated carbocycles. The van der Waals surface area contributed by atoms with E-state index in [2.05, 4.69) is 0 Å². The summed E-state index contributed by atoms with van der Waals surface area (Å²) in [5.74, 6) is -4.92. The second kappa shape index (κ2) is 4.74. The Hall–Kier alpha value is -1.17. The molecule has 0 radical (unpaired) electrons. The lowest BCUT2D eigenvalue weighted by Gasteiger charge is -2.27. The summed E-state index contributed by atoms with van der Waals surface area (Å²) >= 11 is 0. The number of fused-ring (bicyclic) bond motifs is 1. The minimum absolute atomic E-state index is 0.164. The molecule has 2 rings (SSSR count). The van der Waals surface area contributed by atoms with Crippen LogP contribution in [0.3, 0.4) is 0 Å². The molecule has 6 heteroatoms. The highest BCUT2D eigenvalue weighted by Crippen LogP contribution is 2.43. The Bertz CT molecular complexity index is 467. The summed E-state index contributed by atoms with van der Waals surface area (Å²) in [6.45, 7) is 0. The fourth-order valence-corrected chi connectivity index (χ4v) is 2.33. The van der Waals surface area contributed by atoms with Crippen LogP contribution in [-0.2, 0) is 12.8 Å². The number of nitrogens with two attached hydrogens (primary N) is 1. The Balaban J connectivity index is 2.32. The molecule has 0 spiro atoms. The van der Waals surface area contributed by atoms with E-state index in [1.54, 1.807) is 6.07 Å². The van der Waals surface area contributed by atoms with Gasteiger partial charge in [0.25, 0.3) is 0 Å². The van der Waals surface area contributed by atoms with Crippen molar-refractivity contribution in [3.05, 3.63) is 34.9 Å². The molecule has 0 fully saturated rings. The average Bonchev–Trinajstić information content (AvgIpc) is 2.36. The van der Waals surface area contributed by atoms with Crippen molar-refractivity contribution in [3.8, 4) is 0 Å². The van der Waals surface area contributed by atoms with Gasteiger partial charge in [0.2, 0.25) is 0 Å². The Morgan fingerprint density at radius 2 is 1.53 bits per heavy atom. The van der Waals surface area contributed by atoms with Crippen LogP contribution in [0.2, 0.25) is 0 Å². The third-order valence-corrected chi connectivity index (χ3v) is 3.50. The average molecular weight is 279 g/mol. The van der Waals surface area contributed by atoms with E-state index in [9.17, 15) is 22.0 Å². The van der Waals surface area contributed by atoms with Crippen LogP contribution in [0.15, 0.2) is 18.2 Å². The number of hydrogen-bond donors (Lipinski definition) is 1. The zero-order valence-electron chi connectivity index (χ0n) is 10.1. The summed E-state index contributed by atoms with van der Waals surface area (Å²) in [6.07, 6.45) is -2.17. The standard InChI is InChI=1S/C13H14F5N/c14-12(15,13(16,17)18)11(19)10-6-5-8-3-1-2-4-9(8)7-10/h5-7,11H,1-4,19H2. The third-order valence-electron chi connectivity index (χ3n) is 3.50. The molecule has 2 N–H and O–H groups in total. The zero-order valence-corrected chi connectivity index (χ0v) is 10.1. The topological polar surface area (TPSA) is 26.0 Å². The highest BCUT2D eigenvalue weighted by atomic mass is 19.4. The van der Waals surface area contributed by atoms with Gasteiger partial charge < -0.3 is 5.73 Å². The highest BCUT2D eigenvalue weighted by Gasteiger charge is 2.61. The highest BCUT2D eigenvalue weighted by molar-refractivity contribution is 5.36. The molecule has 0 aromatic heterocycles. The molecule has 0 bridgehead atoms. The second-order valence-corrected chi connectivity index (χ2v) is 4.83. The lowest BCUT2D eigenvalue weighted by molar-refractivity contribution is -0.291. The van der Waals surface area contributed by atoms with Gasteiger partial charge in [-0.25, -0.2) is 0 Å². The molecule has 1 atom stereocenters. The molecular formula is C13H14F5N.